The summed E-state index contributed by atoms with van der Waals surface area (Å²) in [5.74, 6) is -3.17. The summed E-state index contributed by atoms with van der Waals surface area (Å²) >= 11 is 1.41. The normalized spacial score (nSPS) is 25.7. The lowest BCUT2D eigenvalue weighted by molar-refractivity contribution is -0.252. The van der Waals surface area contributed by atoms with E-state index in [-0.39, 0.29) is 34.5 Å². The third kappa shape index (κ3) is 7.41. The van der Waals surface area contributed by atoms with E-state index < -0.39 is 30.3 Å². The predicted molar refractivity (Wildman–Crippen MR) is 218 cm³/mol. The second-order valence-corrected chi connectivity index (χ2v) is 19.1. The second-order valence-electron chi connectivity index (χ2n) is 18.1. The largest absolute Gasteiger partial charge is 0.490 e. The summed E-state index contributed by atoms with van der Waals surface area (Å²) in [5.41, 5.74) is 4.14. The number of aromatic carboxylic acids is 1. The lowest BCUT2D eigenvalue weighted by Crippen LogP contribution is -2.64. The molecule has 5 aliphatic rings. The number of hydrogen-bond acceptors (Lipinski definition) is 10. The lowest BCUT2D eigenvalue weighted by Gasteiger charge is -2.69. The number of pyridine rings is 1. The molecule has 2 N–H and O–H groups in total. The average Bonchev–Trinajstić information content (AvgIpc) is 3.75. The van der Waals surface area contributed by atoms with Crippen molar-refractivity contribution in [3.63, 3.8) is 0 Å². The summed E-state index contributed by atoms with van der Waals surface area (Å²) in [6.45, 7) is 7.36. The van der Waals surface area contributed by atoms with Gasteiger partial charge in [-0.15, -0.1) is 0 Å². The van der Waals surface area contributed by atoms with Gasteiger partial charge in [0.25, 0.3) is 5.91 Å². The van der Waals surface area contributed by atoms with E-state index in [4.69, 9.17) is 14.8 Å². The first kappa shape index (κ1) is 40.1. The fraction of sp³-hybridized carbons (Fsp3) is 0.455. The molecule has 4 heterocycles. The maximum Gasteiger partial charge on any atom is 0.490 e. The molecule has 1 amide bonds. The van der Waals surface area contributed by atoms with Crippen LogP contribution in [0.3, 0.4) is 0 Å². The molecule has 12 nitrogen and oxygen atoms in total. The van der Waals surface area contributed by atoms with E-state index in [0.717, 1.165) is 59.1 Å². The summed E-state index contributed by atoms with van der Waals surface area (Å²) in [4.78, 5) is 49.0. The number of amides is 1. The number of para-hydroxylation sites is 1. The third-order valence-electron chi connectivity index (χ3n) is 12.9. The summed E-state index contributed by atoms with van der Waals surface area (Å²) in [6, 6.07) is 17.0. The van der Waals surface area contributed by atoms with Gasteiger partial charge >= 0.3 is 18.1 Å². The van der Waals surface area contributed by atoms with Crippen LogP contribution in [0.5, 0.6) is 0 Å². The second kappa shape index (κ2) is 14.4. The summed E-state index contributed by atoms with van der Waals surface area (Å²) in [5, 5.41) is 18.8. The molecule has 60 heavy (non-hydrogen) atoms. The number of alkyl halides is 3. The van der Waals surface area contributed by atoms with Gasteiger partial charge < -0.3 is 19.5 Å². The van der Waals surface area contributed by atoms with Gasteiger partial charge in [-0.05, 0) is 110 Å². The third-order valence-corrected chi connectivity index (χ3v) is 13.9. The molecule has 16 heteroatoms. The van der Waals surface area contributed by atoms with Gasteiger partial charge in [0.15, 0.2) is 10.8 Å². The van der Waals surface area contributed by atoms with E-state index in [1.54, 1.807) is 18.3 Å². The smallest absolute Gasteiger partial charge is 0.476 e. The number of benzene rings is 2. The van der Waals surface area contributed by atoms with Crippen LogP contribution in [0.25, 0.3) is 21.3 Å². The zero-order chi connectivity index (χ0) is 42.2. The van der Waals surface area contributed by atoms with E-state index in [0.29, 0.717) is 60.1 Å². The minimum Gasteiger partial charge on any atom is -0.476 e. The van der Waals surface area contributed by atoms with Gasteiger partial charge in [-0.1, -0.05) is 49.4 Å². The molecule has 314 valence electrons. The standard InChI is InChI=1S/C44H45F3N6O6S/c1-26-30(17-48-53(26)25-42-20-40(2)19-41(3,21-42)23-43(22-40,24-42)59-16-15-58-38(57)44(45,46)47)28-11-12-34(50-35(28)37(55)56)52-14-13-27-7-6-8-29(31(27)18-52)36(54)51-39-49-32-9-4-5-10-33(32)60-39/h4-12,17H,13-16,18-25H2,1-3H3,(H,55,56)(H,49,51,54). The zero-order valence-corrected chi connectivity index (χ0v) is 34.3. The van der Waals surface area contributed by atoms with Crippen LogP contribution in [-0.4, -0.2) is 74.2 Å². The van der Waals surface area contributed by atoms with Crippen molar-refractivity contribution in [1.29, 1.82) is 0 Å². The number of nitrogens with zero attached hydrogens (tertiary/aromatic N) is 5. The number of carboxylic acids is 1. The number of hydrogen-bond donors (Lipinski definition) is 2. The minimum atomic E-state index is -5.05. The molecule has 10 rings (SSSR count). The summed E-state index contributed by atoms with van der Waals surface area (Å²) < 4.78 is 52.0. The number of carboxylic acid groups (broad SMARTS) is 1. The quantitative estimate of drug-likeness (QED) is 0.0978. The van der Waals surface area contributed by atoms with Crippen LogP contribution in [0.1, 0.15) is 90.0 Å². The maximum atomic E-state index is 13.6. The molecule has 0 spiro atoms. The molecule has 4 aliphatic carbocycles. The van der Waals surface area contributed by atoms with Gasteiger partial charge in [0, 0.05) is 42.0 Å². The number of fused-ring (bicyclic) bond motifs is 2. The van der Waals surface area contributed by atoms with Crippen LogP contribution in [0.15, 0.2) is 60.8 Å². The Labute approximate surface area is 348 Å². The number of nitrogens with one attached hydrogen (secondary N) is 1. The van der Waals surface area contributed by atoms with E-state index >= 15 is 0 Å². The topological polar surface area (TPSA) is 149 Å². The van der Waals surface area contributed by atoms with Crippen molar-refractivity contribution in [2.24, 2.45) is 16.2 Å². The Kier molecular flexibility index (Phi) is 9.61. The zero-order valence-electron chi connectivity index (χ0n) is 33.5. The Morgan fingerprint density at radius 3 is 2.42 bits per heavy atom. The van der Waals surface area contributed by atoms with Crippen molar-refractivity contribution in [3.05, 3.63) is 88.9 Å². The molecule has 2 unspecified atom stereocenters. The van der Waals surface area contributed by atoms with Gasteiger partial charge in [0.05, 0.1) is 28.6 Å². The number of aromatic nitrogens is 4. The van der Waals surface area contributed by atoms with Crippen molar-refractivity contribution in [2.45, 2.75) is 90.6 Å². The lowest BCUT2D eigenvalue weighted by atomic mass is 9.39. The van der Waals surface area contributed by atoms with Gasteiger partial charge in [-0.25, -0.2) is 19.6 Å². The fourth-order valence-corrected chi connectivity index (χ4v) is 12.8. The Morgan fingerprint density at radius 1 is 0.917 bits per heavy atom. The fourth-order valence-electron chi connectivity index (χ4n) is 11.9. The van der Waals surface area contributed by atoms with E-state index in [2.05, 4.69) is 28.9 Å². The Hall–Kier alpha value is -5.35. The number of rotatable bonds is 11. The molecule has 0 radical (unpaired) electrons. The van der Waals surface area contributed by atoms with Crippen LogP contribution in [0, 0.1) is 23.2 Å². The number of carbonyl (C=O) groups is 3. The molecule has 2 atom stereocenters. The van der Waals surface area contributed by atoms with Crippen LogP contribution in [-0.2, 0) is 33.8 Å². The highest BCUT2D eigenvalue weighted by Crippen LogP contribution is 2.72. The number of esters is 1. The molecule has 4 fully saturated rings. The SMILES string of the molecule is Cc1c(-c2ccc(N3CCc4cccc(C(=O)Nc5nc6ccccc6s5)c4C3)nc2C(=O)O)cnn1CC12CC3(C)CC(C)(C1)CC(OCCOC(=O)C(F)(F)F)(C3)C2. The van der Waals surface area contributed by atoms with Crippen LogP contribution in [0.2, 0.25) is 0 Å². The van der Waals surface area contributed by atoms with E-state index in [9.17, 15) is 32.7 Å². The molecule has 4 bridgehead atoms. The molecular formula is C44H45F3N6O6S. The highest BCUT2D eigenvalue weighted by molar-refractivity contribution is 7.22. The van der Waals surface area contributed by atoms with E-state index in [1.807, 2.05) is 59.0 Å². The number of anilines is 2. The summed E-state index contributed by atoms with van der Waals surface area (Å²) in [6.07, 6.45) is 2.39. The Balaban J connectivity index is 0.933. The van der Waals surface area contributed by atoms with Crippen molar-refractivity contribution in [1.82, 2.24) is 19.7 Å². The molecule has 0 saturated heterocycles. The monoisotopic (exact) mass is 842 g/mol. The van der Waals surface area contributed by atoms with Crippen molar-refractivity contribution in [2.75, 3.05) is 30.0 Å². The number of thiazole rings is 1. The molecule has 4 saturated carbocycles. The van der Waals surface area contributed by atoms with Crippen LogP contribution < -0.4 is 10.2 Å². The number of halogens is 3. The van der Waals surface area contributed by atoms with Crippen molar-refractivity contribution >= 4 is 50.3 Å². The first-order valence-electron chi connectivity index (χ1n) is 20.1. The highest BCUT2D eigenvalue weighted by Gasteiger charge is 2.66. The van der Waals surface area contributed by atoms with Gasteiger partial charge in [-0.3, -0.25) is 14.8 Å². The molecule has 2 aromatic carbocycles. The first-order chi connectivity index (χ1) is 28.4. The van der Waals surface area contributed by atoms with Gasteiger partial charge in [0.1, 0.15) is 12.4 Å². The van der Waals surface area contributed by atoms with Gasteiger partial charge in [0.2, 0.25) is 0 Å². The molecular weight excluding hydrogens is 798 g/mol. The van der Waals surface area contributed by atoms with Crippen LogP contribution >= 0.6 is 11.3 Å². The minimum absolute atomic E-state index is 0.0534. The first-order valence-corrected chi connectivity index (χ1v) is 20.9. The average molecular weight is 843 g/mol. The number of ether oxygens (including phenoxy) is 2. The van der Waals surface area contributed by atoms with E-state index in [1.165, 1.54) is 11.3 Å². The van der Waals surface area contributed by atoms with Gasteiger partial charge in [-0.2, -0.15) is 18.3 Å². The predicted octanol–water partition coefficient (Wildman–Crippen LogP) is 8.62. The molecule has 5 aromatic rings. The highest BCUT2D eigenvalue weighted by atomic mass is 32.1. The van der Waals surface area contributed by atoms with Crippen molar-refractivity contribution in [3.8, 4) is 11.1 Å². The Bertz CT molecular complexity index is 2500. The molecule has 3 aromatic heterocycles. The number of carbonyl (C=O) groups excluding carboxylic acids is 2. The Morgan fingerprint density at radius 2 is 1.68 bits per heavy atom. The maximum absolute atomic E-state index is 13.6. The van der Waals surface area contributed by atoms with Crippen molar-refractivity contribution < 1.29 is 42.1 Å². The van der Waals surface area contributed by atoms with Crippen LogP contribution in [0.4, 0.5) is 24.1 Å². The molecule has 1 aliphatic heterocycles. The summed E-state index contributed by atoms with van der Waals surface area (Å²) in [7, 11) is 0.